The highest BCUT2D eigenvalue weighted by Crippen LogP contribution is 2.19. The maximum Gasteiger partial charge on any atom is 0.306 e. The summed E-state index contributed by atoms with van der Waals surface area (Å²) >= 11 is 0. The molecule has 1 saturated heterocycles. The summed E-state index contributed by atoms with van der Waals surface area (Å²) in [4.78, 5) is 10.8. The molecule has 0 bridgehead atoms. The Hall–Kier alpha value is -1.09. The van der Waals surface area contributed by atoms with E-state index in [1.807, 2.05) is 0 Å². The molecule has 0 radical (unpaired) electrons. The smallest absolute Gasteiger partial charge is 0.279 e. The SMILES string of the molecule is C[C@H]1CN(C#N)S(=O)(=O)C1=O. The van der Waals surface area contributed by atoms with Gasteiger partial charge in [0.2, 0.25) is 0 Å². The number of hydrogen-bond donors (Lipinski definition) is 0. The summed E-state index contributed by atoms with van der Waals surface area (Å²) in [5.74, 6) is -0.584. The minimum Gasteiger partial charge on any atom is -0.279 e. The zero-order valence-corrected chi connectivity index (χ0v) is 6.63. The molecule has 6 heteroatoms. The second-order valence-corrected chi connectivity index (χ2v) is 4.15. The fraction of sp³-hybridized carbons (Fsp3) is 0.600. The topological polar surface area (TPSA) is 78.2 Å². The summed E-state index contributed by atoms with van der Waals surface area (Å²) in [6, 6.07) is 0. The van der Waals surface area contributed by atoms with Gasteiger partial charge in [-0.1, -0.05) is 6.92 Å². The lowest BCUT2D eigenvalue weighted by Crippen LogP contribution is -2.22. The van der Waals surface area contributed by atoms with Crippen LogP contribution >= 0.6 is 0 Å². The van der Waals surface area contributed by atoms with Gasteiger partial charge in [0, 0.05) is 0 Å². The van der Waals surface area contributed by atoms with E-state index in [0.717, 1.165) is 0 Å². The lowest BCUT2D eigenvalue weighted by Gasteiger charge is -2.00. The van der Waals surface area contributed by atoms with Crippen molar-refractivity contribution in [3.8, 4) is 6.19 Å². The predicted octanol–water partition coefficient (Wildman–Crippen LogP) is -0.724. The summed E-state index contributed by atoms with van der Waals surface area (Å²) < 4.78 is 22.3. The van der Waals surface area contributed by atoms with Crippen molar-refractivity contribution in [1.29, 1.82) is 5.26 Å². The van der Waals surface area contributed by atoms with Gasteiger partial charge in [-0.2, -0.15) is 18.0 Å². The maximum absolute atomic E-state index is 10.9. The Balaban J connectivity index is 3.15. The summed E-state index contributed by atoms with van der Waals surface area (Å²) in [5, 5.41) is 7.42. The molecule has 1 rings (SSSR count). The van der Waals surface area contributed by atoms with Crippen LogP contribution in [0.25, 0.3) is 0 Å². The molecule has 60 valence electrons. The first-order chi connectivity index (χ1) is 5.00. The first-order valence-electron chi connectivity index (χ1n) is 2.96. The van der Waals surface area contributed by atoms with Crippen LogP contribution in [0.4, 0.5) is 0 Å². The molecule has 0 N–H and O–H groups in total. The third-order valence-corrected chi connectivity index (χ3v) is 3.22. The standard InChI is InChI=1S/C5H6N2O3S/c1-4-2-7(3-6)11(9,10)5(4)8/h4H,2H2,1H3/t4-/m0/s1. The van der Waals surface area contributed by atoms with Gasteiger partial charge >= 0.3 is 10.0 Å². The zero-order valence-electron chi connectivity index (χ0n) is 5.81. The molecule has 11 heavy (non-hydrogen) atoms. The molecule has 0 aromatic carbocycles. The lowest BCUT2D eigenvalue weighted by atomic mass is 10.2. The summed E-state index contributed by atoms with van der Waals surface area (Å²) in [7, 11) is -3.93. The van der Waals surface area contributed by atoms with E-state index in [9.17, 15) is 13.2 Å². The largest absolute Gasteiger partial charge is 0.306 e. The minimum atomic E-state index is -3.93. The van der Waals surface area contributed by atoms with Gasteiger partial charge in [0.05, 0.1) is 12.5 Å². The van der Waals surface area contributed by atoms with E-state index in [1.165, 1.54) is 13.1 Å². The lowest BCUT2D eigenvalue weighted by molar-refractivity contribution is -0.113. The highest BCUT2D eigenvalue weighted by molar-refractivity contribution is 8.04. The number of nitrogens with zero attached hydrogens (tertiary/aromatic N) is 2. The van der Waals surface area contributed by atoms with Crippen LogP contribution in [0.5, 0.6) is 0 Å². The fourth-order valence-electron chi connectivity index (χ4n) is 0.879. The van der Waals surface area contributed by atoms with Crippen LogP contribution in [0.15, 0.2) is 0 Å². The molecule has 0 aromatic heterocycles. The molecule has 1 aliphatic heterocycles. The monoisotopic (exact) mass is 174 g/mol. The van der Waals surface area contributed by atoms with Crippen LogP contribution in [0.3, 0.4) is 0 Å². The molecular formula is C5H6N2O3S. The molecule has 0 saturated carbocycles. The second kappa shape index (κ2) is 2.20. The van der Waals surface area contributed by atoms with Gasteiger partial charge < -0.3 is 0 Å². The molecular weight excluding hydrogens is 168 g/mol. The maximum atomic E-state index is 10.9. The van der Waals surface area contributed by atoms with Crippen molar-refractivity contribution in [1.82, 2.24) is 4.31 Å². The van der Waals surface area contributed by atoms with Crippen molar-refractivity contribution >= 4 is 15.1 Å². The molecule has 0 spiro atoms. The zero-order chi connectivity index (χ0) is 8.65. The van der Waals surface area contributed by atoms with Crippen molar-refractivity contribution in [2.45, 2.75) is 6.92 Å². The third-order valence-electron chi connectivity index (χ3n) is 1.50. The van der Waals surface area contributed by atoms with E-state index in [1.54, 1.807) is 0 Å². The average molecular weight is 174 g/mol. The number of hydrogen-bond acceptors (Lipinski definition) is 4. The van der Waals surface area contributed by atoms with Crippen LogP contribution in [0, 0.1) is 17.4 Å². The van der Waals surface area contributed by atoms with Crippen LogP contribution in [-0.4, -0.2) is 24.4 Å². The van der Waals surface area contributed by atoms with E-state index in [2.05, 4.69) is 0 Å². The normalized spacial score (nSPS) is 28.5. The molecule has 0 amide bonds. The highest BCUT2D eigenvalue weighted by atomic mass is 32.2. The fourth-order valence-corrected chi connectivity index (χ4v) is 2.21. The summed E-state index contributed by atoms with van der Waals surface area (Å²) in [5.41, 5.74) is 0. The van der Waals surface area contributed by atoms with Crippen molar-refractivity contribution in [2.24, 2.45) is 5.92 Å². The summed E-state index contributed by atoms with van der Waals surface area (Å²) in [6.45, 7) is 1.47. The molecule has 1 aliphatic rings. The summed E-state index contributed by atoms with van der Waals surface area (Å²) in [6.07, 6.45) is 1.44. The Labute approximate surface area is 64.3 Å². The van der Waals surface area contributed by atoms with E-state index in [-0.39, 0.29) is 6.54 Å². The van der Waals surface area contributed by atoms with Gasteiger partial charge in [0.25, 0.3) is 5.12 Å². The van der Waals surface area contributed by atoms with Gasteiger partial charge in [-0.3, -0.25) is 4.79 Å². The Morgan fingerprint density at radius 1 is 1.73 bits per heavy atom. The van der Waals surface area contributed by atoms with Crippen LogP contribution in [0.2, 0.25) is 0 Å². The van der Waals surface area contributed by atoms with Crippen molar-refractivity contribution in [3.63, 3.8) is 0 Å². The number of nitriles is 1. The van der Waals surface area contributed by atoms with Gasteiger partial charge in [0.15, 0.2) is 6.19 Å². The highest BCUT2D eigenvalue weighted by Gasteiger charge is 2.42. The number of sulfonamides is 1. The van der Waals surface area contributed by atoms with E-state index >= 15 is 0 Å². The molecule has 0 aromatic rings. The number of carbonyl (C=O) groups is 1. The van der Waals surface area contributed by atoms with Crippen molar-refractivity contribution < 1.29 is 13.2 Å². The first kappa shape index (κ1) is 8.01. The van der Waals surface area contributed by atoms with Crippen molar-refractivity contribution in [3.05, 3.63) is 0 Å². The number of rotatable bonds is 0. The Kier molecular flexibility index (Phi) is 1.60. The van der Waals surface area contributed by atoms with Gasteiger partial charge in [-0.05, 0) is 0 Å². The van der Waals surface area contributed by atoms with Gasteiger partial charge in [0.1, 0.15) is 0 Å². The number of carbonyl (C=O) groups excluding carboxylic acids is 1. The molecule has 0 unspecified atom stereocenters. The van der Waals surface area contributed by atoms with Gasteiger partial charge in [-0.25, -0.2) is 0 Å². The average Bonchev–Trinajstić information content (AvgIpc) is 2.13. The van der Waals surface area contributed by atoms with Crippen LogP contribution in [-0.2, 0) is 14.8 Å². The molecule has 5 nitrogen and oxygen atoms in total. The quantitative estimate of drug-likeness (QED) is 0.454. The second-order valence-electron chi connectivity index (χ2n) is 2.36. The van der Waals surface area contributed by atoms with E-state index in [0.29, 0.717) is 4.31 Å². The van der Waals surface area contributed by atoms with E-state index in [4.69, 9.17) is 5.26 Å². The molecule has 1 fully saturated rings. The third kappa shape index (κ3) is 0.973. The van der Waals surface area contributed by atoms with E-state index < -0.39 is 21.1 Å². The van der Waals surface area contributed by atoms with Gasteiger partial charge in [-0.15, -0.1) is 0 Å². The predicted molar refractivity (Wildman–Crippen MR) is 35.4 cm³/mol. The Morgan fingerprint density at radius 3 is 2.45 bits per heavy atom. The Morgan fingerprint density at radius 2 is 2.27 bits per heavy atom. The molecule has 0 aliphatic carbocycles. The van der Waals surface area contributed by atoms with Crippen LogP contribution < -0.4 is 0 Å². The Bertz CT molecular complexity index is 326. The molecule has 1 atom stereocenters. The minimum absolute atomic E-state index is 0.0162. The first-order valence-corrected chi connectivity index (χ1v) is 4.40. The van der Waals surface area contributed by atoms with Crippen LogP contribution in [0.1, 0.15) is 6.92 Å². The van der Waals surface area contributed by atoms with Crippen molar-refractivity contribution in [2.75, 3.05) is 6.54 Å². The molecule has 1 heterocycles.